The Morgan fingerprint density at radius 1 is 1.04 bits per heavy atom. The number of ether oxygens (including phenoxy) is 2. The fraction of sp³-hybridized carbons (Fsp3) is 0.200. The van der Waals surface area contributed by atoms with Crippen molar-refractivity contribution in [2.75, 3.05) is 25.2 Å². The predicted molar refractivity (Wildman–Crippen MR) is 93.6 cm³/mol. The Morgan fingerprint density at radius 2 is 1.74 bits per heavy atom. The first-order chi connectivity index (χ1) is 10.9. The molecule has 0 aliphatic heterocycles. The molecule has 23 heavy (non-hydrogen) atoms. The molecule has 0 aliphatic rings. The highest BCUT2D eigenvalue weighted by Gasteiger charge is 2.20. The Balaban J connectivity index is 2.41. The van der Waals surface area contributed by atoms with Crippen LogP contribution in [0.4, 0.5) is 5.69 Å². The quantitative estimate of drug-likeness (QED) is 0.778. The molecular weight excluding hydrogens is 358 g/mol. The van der Waals surface area contributed by atoms with Crippen molar-refractivity contribution in [3.63, 3.8) is 0 Å². The van der Waals surface area contributed by atoms with Crippen molar-refractivity contribution >= 4 is 39.1 Å². The maximum absolute atomic E-state index is 12.6. The van der Waals surface area contributed by atoms with Crippen molar-refractivity contribution in [3.05, 3.63) is 41.4 Å². The molecule has 2 aromatic carbocycles. The third kappa shape index (κ3) is 4.04. The van der Waals surface area contributed by atoms with Gasteiger partial charge in [0.05, 0.1) is 19.9 Å². The average Bonchev–Trinajstić information content (AvgIpc) is 2.54. The molecule has 0 atom stereocenters. The summed E-state index contributed by atoms with van der Waals surface area (Å²) in [4.78, 5) is 0.745. The van der Waals surface area contributed by atoms with Gasteiger partial charge in [0.15, 0.2) is 11.5 Å². The van der Waals surface area contributed by atoms with Gasteiger partial charge in [-0.05, 0) is 36.6 Å². The molecule has 0 amide bonds. The van der Waals surface area contributed by atoms with Crippen LogP contribution in [-0.4, -0.2) is 28.9 Å². The van der Waals surface area contributed by atoms with Crippen LogP contribution in [0.2, 0.25) is 5.02 Å². The van der Waals surface area contributed by atoms with Crippen LogP contribution in [0.1, 0.15) is 0 Å². The topological polar surface area (TPSA) is 64.6 Å². The van der Waals surface area contributed by atoms with Gasteiger partial charge in [-0.25, -0.2) is 8.42 Å². The standard InChI is InChI=1S/C15H16ClNO4S2/c1-20-12-6-5-11(9-13(12)21-2)17-23(18,19)15-8-10(16)4-7-14(15)22-3/h4-9,17H,1-3H3. The number of nitrogens with one attached hydrogen (secondary N) is 1. The second kappa shape index (κ2) is 7.33. The SMILES string of the molecule is COc1ccc(NS(=O)(=O)c2cc(Cl)ccc2SC)cc1OC. The van der Waals surface area contributed by atoms with Crippen molar-refractivity contribution in [3.8, 4) is 11.5 Å². The molecule has 0 radical (unpaired) electrons. The number of rotatable bonds is 6. The number of halogens is 1. The second-order valence-corrected chi connectivity index (χ2v) is 7.41. The van der Waals surface area contributed by atoms with Crippen LogP contribution < -0.4 is 14.2 Å². The van der Waals surface area contributed by atoms with E-state index in [1.54, 1.807) is 36.6 Å². The molecule has 0 unspecified atom stereocenters. The normalized spacial score (nSPS) is 11.1. The molecule has 0 aliphatic carbocycles. The molecule has 8 heteroatoms. The first-order valence-corrected chi connectivity index (χ1v) is 9.58. The Morgan fingerprint density at radius 3 is 2.35 bits per heavy atom. The zero-order valence-electron chi connectivity index (χ0n) is 12.8. The minimum absolute atomic E-state index is 0.132. The molecular formula is C15H16ClNO4S2. The summed E-state index contributed by atoms with van der Waals surface area (Å²) in [6.45, 7) is 0. The zero-order chi connectivity index (χ0) is 17.0. The molecule has 0 saturated carbocycles. The Kier molecular flexibility index (Phi) is 5.67. The number of benzene rings is 2. The summed E-state index contributed by atoms with van der Waals surface area (Å²) in [5.41, 5.74) is 0.370. The Labute approximate surface area is 145 Å². The summed E-state index contributed by atoms with van der Waals surface area (Å²) in [6.07, 6.45) is 1.80. The first-order valence-electron chi connectivity index (χ1n) is 6.49. The highest BCUT2D eigenvalue weighted by Crippen LogP contribution is 2.33. The van der Waals surface area contributed by atoms with E-state index in [0.717, 1.165) is 0 Å². The minimum Gasteiger partial charge on any atom is -0.493 e. The number of hydrogen-bond donors (Lipinski definition) is 1. The van der Waals surface area contributed by atoms with E-state index in [2.05, 4.69) is 4.72 Å². The van der Waals surface area contributed by atoms with E-state index >= 15 is 0 Å². The van der Waals surface area contributed by atoms with Crippen molar-refractivity contribution in [2.24, 2.45) is 0 Å². The van der Waals surface area contributed by atoms with E-state index in [4.69, 9.17) is 21.1 Å². The van der Waals surface area contributed by atoms with E-state index in [0.29, 0.717) is 27.1 Å². The Hall–Kier alpha value is -1.57. The number of hydrogen-bond acceptors (Lipinski definition) is 5. The molecule has 1 N–H and O–H groups in total. The van der Waals surface area contributed by atoms with Gasteiger partial charge in [0.2, 0.25) is 0 Å². The van der Waals surface area contributed by atoms with Crippen LogP contribution in [0.25, 0.3) is 0 Å². The molecule has 0 spiro atoms. The summed E-state index contributed by atoms with van der Waals surface area (Å²) >= 11 is 7.26. The van der Waals surface area contributed by atoms with Crippen LogP contribution >= 0.6 is 23.4 Å². The lowest BCUT2D eigenvalue weighted by molar-refractivity contribution is 0.355. The van der Waals surface area contributed by atoms with Gasteiger partial charge >= 0.3 is 0 Å². The third-order valence-corrected chi connectivity index (χ3v) is 5.63. The van der Waals surface area contributed by atoms with Crippen molar-refractivity contribution < 1.29 is 17.9 Å². The van der Waals surface area contributed by atoms with Gasteiger partial charge in [0, 0.05) is 16.0 Å². The lowest BCUT2D eigenvalue weighted by atomic mass is 10.3. The monoisotopic (exact) mass is 373 g/mol. The molecule has 124 valence electrons. The predicted octanol–water partition coefficient (Wildman–Crippen LogP) is 3.88. The summed E-state index contributed by atoms with van der Waals surface area (Å²) < 4.78 is 38.1. The van der Waals surface area contributed by atoms with Gasteiger partial charge in [-0.2, -0.15) is 0 Å². The van der Waals surface area contributed by atoms with Crippen LogP contribution in [-0.2, 0) is 10.0 Å². The van der Waals surface area contributed by atoms with Gasteiger partial charge in [-0.3, -0.25) is 4.72 Å². The smallest absolute Gasteiger partial charge is 0.263 e. The lowest BCUT2D eigenvalue weighted by Gasteiger charge is -2.13. The van der Waals surface area contributed by atoms with Crippen molar-refractivity contribution in [2.45, 2.75) is 9.79 Å². The van der Waals surface area contributed by atoms with Crippen molar-refractivity contribution in [1.82, 2.24) is 0 Å². The highest BCUT2D eigenvalue weighted by atomic mass is 35.5. The van der Waals surface area contributed by atoms with Crippen LogP contribution in [0.15, 0.2) is 46.2 Å². The fourth-order valence-electron chi connectivity index (χ4n) is 1.97. The van der Waals surface area contributed by atoms with Gasteiger partial charge < -0.3 is 9.47 Å². The van der Waals surface area contributed by atoms with E-state index in [1.165, 1.54) is 32.0 Å². The van der Waals surface area contributed by atoms with E-state index in [9.17, 15) is 8.42 Å². The van der Waals surface area contributed by atoms with Gasteiger partial charge in [0.1, 0.15) is 4.90 Å². The molecule has 0 aromatic heterocycles. The molecule has 0 heterocycles. The molecule has 0 saturated heterocycles. The maximum atomic E-state index is 12.6. The molecule has 0 bridgehead atoms. The number of thioether (sulfide) groups is 1. The van der Waals surface area contributed by atoms with Crippen LogP contribution in [0.3, 0.4) is 0 Å². The minimum atomic E-state index is -3.77. The van der Waals surface area contributed by atoms with E-state index in [1.807, 2.05) is 0 Å². The second-order valence-electron chi connectivity index (χ2n) is 4.47. The average molecular weight is 374 g/mol. The van der Waals surface area contributed by atoms with Gasteiger partial charge in [-0.15, -0.1) is 11.8 Å². The number of anilines is 1. The highest BCUT2D eigenvalue weighted by molar-refractivity contribution is 7.99. The molecule has 2 aromatic rings. The molecule has 2 rings (SSSR count). The summed E-state index contributed by atoms with van der Waals surface area (Å²) in [5.74, 6) is 0.951. The van der Waals surface area contributed by atoms with Gasteiger partial charge in [-0.1, -0.05) is 11.6 Å². The number of methoxy groups -OCH3 is 2. The van der Waals surface area contributed by atoms with Crippen LogP contribution in [0.5, 0.6) is 11.5 Å². The summed E-state index contributed by atoms with van der Waals surface area (Å²) in [5, 5.41) is 0.357. The third-order valence-electron chi connectivity index (χ3n) is 3.05. The largest absolute Gasteiger partial charge is 0.493 e. The number of sulfonamides is 1. The molecule has 5 nitrogen and oxygen atoms in total. The van der Waals surface area contributed by atoms with Crippen LogP contribution in [0, 0.1) is 0 Å². The van der Waals surface area contributed by atoms with E-state index < -0.39 is 10.0 Å². The van der Waals surface area contributed by atoms with E-state index in [-0.39, 0.29) is 4.90 Å². The molecule has 0 fully saturated rings. The van der Waals surface area contributed by atoms with Crippen molar-refractivity contribution in [1.29, 1.82) is 0 Å². The zero-order valence-corrected chi connectivity index (χ0v) is 15.2. The summed E-state index contributed by atoms with van der Waals surface area (Å²) in [7, 11) is -0.777. The first kappa shape index (κ1) is 17.8. The fourth-order valence-corrected chi connectivity index (χ4v) is 4.41. The maximum Gasteiger partial charge on any atom is 0.263 e. The lowest BCUT2D eigenvalue weighted by Crippen LogP contribution is -2.14. The Bertz CT molecular complexity index is 809. The summed E-state index contributed by atoms with van der Waals surface area (Å²) in [6, 6.07) is 9.54. The van der Waals surface area contributed by atoms with Gasteiger partial charge in [0.25, 0.3) is 10.0 Å².